The highest BCUT2D eigenvalue weighted by Crippen LogP contribution is 2.06. The molecular weight excluding hydrogens is 90.1 g/mol. The van der Waals surface area contributed by atoms with Crippen LogP contribution >= 0.6 is 0 Å². The monoisotopic (exact) mass is 99.1 g/mol. The van der Waals surface area contributed by atoms with Crippen molar-refractivity contribution in [2.24, 2.45) is 5.73 Å². The molecule has 0 spiro atoms. The second kappa shape index (κ2) is 1.64. The third kappa shape index (κ3) is 0.813. The lowest BCUT2D eigenvalue weighted by Gasteiger charge is -2.04. The van der Waals surface area contributed by atoms with E-state index in [2.05, 4.69) is 0 Å². The van der Waals surface area contributed by atoms with Crippen molar-refractivity contribution in [1.82, 2.24) is 0 Å². The smallest absolute Gasteiger partial charge is 0.0874 e. The highest BCUT2D eigenvalue weighted by molar-refractivity contribution is 5.03. The van der Waals surface area contributed by atoms with Crippen molar-refractivity contribution in [1.29, 1.82) is 0 Å². The summed E-state index contributed by atoms with van der Waals surface area (Å²) >= 11 is 0. The molecule has 7 heavy (non-hydrogen) atoms. The van der Waals surface area contributed by atoms with Crippen LogP contribution in [0, 0.1) is 0 Å². The molecule has 0 bridgehead atoms. The first-order valence-electron chi connectivity index (χ1n) is 2.41. The lowest BCUT2D eigenvalue weighted by atomic mass is 10.2. The summed E-state index contributed by atoms with van der Waals surface area (Å²) in [5.41, 5.74) is 5.37. The van der Waals surface area contributed by atoms with Gasteiger partial charge >= 0.3 is 0 Å². The summed E-state index contributed by atoms with van der Waals surface area (Å²) in [5.74, 6) is 0. The van der Waals surface area contributed by atoms with Crippen molar-refractivity contribution in [3.05, 3.63) is 12.2 Å². The van der Waals surface area contributed by atoms with Crippen LogP contribution in [0.15, 0.2) is 12.2 Å². The van der Waals surface area contributed by atoms with Crippen LogP contribution in [-0.4, -0.2) is 17.3 Å². The van der Waals surface area contributed by atoms with Gasteiger partial charge in [0.1, 0.15) is 0 Å². The Bertz CT molecular complexity index is 90.1. The molecule has 0 aliphatic heterocycles. The summed E-state index contributed by atoms with van der Waals surface area (Å²) in [6, 6.07) is -0.0417. The summed E-state index contributed by atoms with van der Waals surface area (Å²) < 4.78 is 0. The van der Waals surface area contributed by atoms with Crippen LogP contribution in [0.1, 0.15) is 6.42 Å². The second-order valence-electron chi connectivity index (χ2n) is 1.82. The van der Waals surface area contributed by atoms with Crippen LogP contribution in [0.3, 0.4) is 0 Å². The molecule has 1 rings (SSSR count). The van der Waals surface area contributed by atoms with Crippen LogP contribution < -0.4 is 5.73 Å². The van der Waals surface area contributed by atoms with E-state index in [4.69, 9.17) is 10.8 Å². The molecule has 0 heterocycles. The summed E-state index contributed by atoms with van der Waals surface area (Å²) in [7, 11) is 0. The molecule has 2 nitrogen and oxygen atoms in total. The van der Waals surface area contributed by atoms with E-state index >= 15 is 0 Å². The summed E-state index contributed by atoms with van der Waals surface area (Å²) in [6.45, 7) is 0. The molecule has 1 aliphatic carbocycles. The zero-order chi connectivity index (χ0) is 5.28. The standard InChI is InChI=1S/C5H9NO/c6-4-2-1-3-5(4)7/h1,3-5,7H,2,6H2/t4-,5+/m1/s1. The molecule has 0 unspecified atom stereocenters. The van der Waals surface area contributed by atoms with Crippen LogP contribution in [0.5, 0.6) is 0 Å². The summed E-state index contributed by atoms with van der Waals surface area (Å²) in [6.07, 6.45) is 4.06. The van der Waals surface area contributed by atoms with E-state index in [0.29, 0.717) is 0 Å². The summed E-state index contributed by atoms with van der Waals surface area (Å²) in [4.78, 5) is 0. The Labute approximate surface area is 42.6 Å². The van der Waals surface area contributed by atoms with Gasteiger partial charge in [0.05, 0.1) is 6.10 Å². The molecule has 0 saturated carbocycles. The SMILES string of the molecule is N[C@@H]1CC=C[C@@H]1O. The first kappa shape index (κ1) is 4.81. The topological polar surface area (TPSA) is 46.2 Å². The van der Waals surface area contributed by atoms with Gasteiger partial charge in [-0.1, -0.05) is 12.2 Å². The molecule has 2 heteroatoms. The number of rotatable bonds is 0. The highest BCUT2D eigenvalue weighted by atomic mass is 16.3. The van der Waals surface area contributed by atoms with Gasteiger partial charge in [0, 0.05) is 6.04 Å². The number of hydrogen-bond acceptors (Lipinski definition) is 2. The quantitative estimate of drug-likeness (QED) is 0.407. The van der Waals surface area contributed by atoms with Crippen molar-refractivity contribution >= 4 is 0 Å². The lowest BCUT2D eigenvalue weighted by molar-refractivity contribution is 0.202. The average Bonchev–Trinajstić information content (AvgIpc) is 1.91. The van der Waals surface area contributed by atoms with E-state index in [9.17, 15) is 0 Å². The molecule has 1 aliphatic rings. The molecule has 0 saturated heterocycles. The van der Waals surface area contributed by atoms with Gasteiger partial charge in [0.15, 0.2) is 0 Å². The molecule has 0 aromatic heterocycles. The van der Waals surface area contributed by atoms with Crippen molar-refractivity contribution in [3.8, 4) is 0 Å². The molecule has 0 aromatic rings. The first-order chi connectivity index (χ1) is 3.30. The minimum atomic E-state index is -0.389. The molecule has 2 atom stereocenters. The van der Waals surface area contributed by atoms with Crippen molar-refractivity contribution < 1.29 is 5.11 Å². The van der Waals surface area contributed by atoms with Crippen LogP contribution in [0.4, 0.5) is 0 Å². The predicted molar refractivity (Wildman–Crippen MR) is 27.7 cm³/mol. The zero-order valence-corrected chi connectivity index (χ0v) is 4.04. The van der Waals surface area contributed by atoms with Gasteiger partial charge in [0.2, 0.25) is 0 Å². The maximum atomic E-state index is 8.79. The van der Waals surface area contributed by atoms with Crippen molar-refractivity contribution in [3.63, 3.8) is 0 Å². The summed E-state index contributed by atoms with van der Waals surface area (Å²) in [5, 5.41) is 8.79. The Morgan fingerprint density at radius 3 is 2.57 bits per heavy atom. The number of hydrogen-bond donors (Lipinski definition) is 2. The first-order valence-corrected chi connectivity index (χ1v) is 2.41. The third-order valence-corrected chi connectivity index (χ3v) is 1.18. The average molecular weight is 99.1 g/mol. The minimum Gasteiger partial charge on any atom is -0.387 e. The molecule has 3 N–H and O–H groups in total. The highest BCUT2D eigenvalue weighted by Gasteiger charge is 2.13. The largest absolute Gasteiger partial charge is 0.387 e. The third-order valence-electron chi connectivity index (χ3n) is 1.18. The van der Waals surface area contributed by atoms with Crippen LogP contribution in [0.25, 0.3) is 0 Å². The lowest BCUT2D eigenvalue weighted by Crippen LogP contribution is -2.28. The minimum absolute atomic E-state index is 0.0417. The Balaban J connectivity index is 2.45. The Hall–Kier alpha value is -0.340. The number of aliphatic hydroxyl groups excluding tert-OH is 1. The molecule has 0 radical (unpaired) electrons. The number of aliphatic hydroxyl groups is 1. The normalized spacial score (nSPS) is 39.7. The fraction of sp³-hybridized carbons (Fsp3) is 0.600. The molecular formula is C5H9NO. The fourth-order valence-electron chi connectivity index (χ4n) is 0.657. The van der Waals surface area contributed by atoms with Gasteiger partial charge in [-0.2, -0.15) is 0 Å². The van der Waals surface area contributed by atoms with Gasteiger partial charge in [-0.25, -0.2) is 0 Å². The maximum Gasteiger partial charge on any atom is 0.0874 e. The maximum absolute atomic E-state index is 8.79. The predicted octanol–water partition coefficient (Wildman–Crippen LogP) is -0.366. The van der Waals surface area contributed by atoms with Crippen LogP contribution in [0.2, 0.25) is 0 Å². The van der Waals surface area contributed by atoms with E-state index < -0.39 is 0 Å². The van der Waals surface area contributed by atoms with Crippen molar-refractivity contribution in [2.75, 3.05) is 0 Å². The fourth-order valence-corrected chi connectivity index (χ4v) is 0.657. The van der Waals surface area contributed by atoms with Gasteiger partial charge in [0.25, 0.3) is 0 Å². The van der Waals surface area contributed by atoms with E-state index in [1.165, 1.54) is 0 Å². The molecule has 0 fully saturated rings. The van der Waals surface area contributed by atoms with Crippen molar-refractivity contribution in [2.45, 2.75) is 18.6 Å². The van der Waals surface area contributed by atoms with Gasteiger partial charge in [-0.15, -0.1) is 0 Å². The van der Waals surface area contributed by atoms with E-state index in [-0.39, 0.29) is 12.1 Å². The van der Waals surface area contributed by atoms with E-state index in [1.54, 1.807) is 6.08 Å². The van der Waals surface area contributed by atoms with E-state index in [0.717, 1.165) is 6.42 Å². The Morgan fingerprint density at radius 2 is 2.43 bits per heavy atom. The molecule has 40 valence electrons. The Kier molecular flexibility index (Phi) is 1.13. The Morgan fingerprint density at radius 1 is 1.71 bits per heavy atom. The van der Waals surface area contributed by atoms with Gasteiger partial charge in [-0.3, -0.25) is 0 Å². The number of nitrogens with two attached hydrogens (primary N) is 1. The van der Waals surface area contributed by atoms with Gasteiger partial charge < -0.3 is 10.8 Å². The van der Waals surface area contributed by atoms with Gasteiger partial charge in [-0.05, 0) is 6.42 Å². The molecule has 0 aromatic carbocycles. The van der Waals surface area contributed by atoms with E-state index in [1.807, 2.05) is 6.08 Å². The molecule has 0 amide bonds. The zero-order valence-electron chi connectivity index (χ0n) is 4.04. The van der Waals surface area contributed by atoms with Crippen LogP contribution in [-0.2, 0) is 0 Å². The second-order valence-corrected chi connectivity index (χ2v) is 1.82.